The number of hydrogen-bond donors (Lipinski definition) is 9. The summed E-state index contributed by atoms with van der Waals surface area (Å²) < 4.78 is 73.9. The summed E-state index contributed by atoms with van der Waals surface area (Å²) >= 11 is 0. The Morgan fingerprint density at radius 3 is 0.849 bits per heavy atom. The van der Waals surface area contributed by atoms with E-state index in [1.807, 2.05) is 6.92 Å². The van der Waals surface area contributed by atoms with Crippen LogP contribution in [0.5, 0.6) is 0 Å². The fraction of sp³-hybridized carbons (Fsp3) is 0.983. The lowest BCUT2D eigenvalue weighted by atomic mass is 9.92. The van der Waals surface area contributed by atoms with Gasteiger partial charge in [0.25, 0.3) is 0 Å². The maximum absolute atomic E-state index is 11.1. The zero-order valence-electron chi connectivity index (χ0n) is 51.2. The summed E-state index contributed by atoms with van der Waals surface area (Å²) in [6, 6.07) is 0. The van der Waals surface area contributed by atoms with Crippen LogP contribution in [0.2, 0.25) is 0 Å². The quantitative estimate of drug-likeness (QED) is 0.0260. The predicted molar refractivity (Wildman–Crippen MR) is 320 cm³/mol. The molecule has 0 aromatic carbocycles. The van der Waals surface area contributed by atoms with Crippen LogP contribution in [0.4, 0.5) is 4.79 Å². The lowest BCUT2D eigenvalue weighted by molar-refractivity contribution is -0.134. The van der Waals surface area contributed by atoms with Gasteiger partial charge in [-0.1, -0.05) is 7.43 Å². The summed E-state index contributed by atoms with van der Waals surface area (Å²) in [5, 5.41) is 59.7. The Labute approximate surface area is 512 Å². The number of nitrogens with one attached hydrogen (secondary N) is 5. The highest BCUT2D eigenvalue weighted by Gasteiger charge is 2.38. The number of piperazine rings is 5. The molecule has 9 saturated heterocycles. The third-order valence-corrected chi connectivity index (χ3v) is 15.7. The van der Waals surface area contributed by atoms with Gasteiger partial charge in [-0.15, -0.1) is 0 Å². The first-order valence-corrected chi connectivity index (χ1v) is 31.7. The van der Waals surface area contributed by atoms with Gasteiger partial charge in [-0.05, 0) is 6.92 Å². The average Bonchev–Trinajstić information content (AvgIpc) is 4.21. The fourth-order valence-corrected chi connectivity index (χ4v) is 10.5. The van der Waals surface area contributed by atoms with E-state index < -0.39 is 29.8 Å². The van der Waals surface area contributed by atoms with Crippen molar-refractivity contribution in [3.8, 4) is 0 Å². The molecule has 28 nitrogen and oxygen atoms in total. The molecule has 0 saturated carbocycles. The first kappa shape index (κ1) is 73.3. The molecule has 9 N–H and O–H groups in total. The Hall–Kier alpha value is -1.73. The highest BCUT2D eigenvalue weighted by atomic mass is 16.6. The van der Waals surface area contributed by atoms with Gasteiger partial charge in [0, 0.05) is 157 Å². The molecule has 8 atom stereocenters. The number of hydrogen-bond acceptors (Lipinski definition) is 27. The van der Waals surface area contributed by atoms with E-state index in [-0.39, 0.29) is 96.2 Å². The molecule has 9 rings (SSSR count). The molecule has 86 heavy (non-hydrogen) atoms. The maximum atomic E-state index is 11.1. The summed E-state index contributed by atoms with van der Waals surface area (Å²) in [5.74, 6) is 0. The van der Waals surface area contributed by atoms with Gasteiger partial charge < -0.3 is 113 Å². The van der Waals surface area contributed by atoms with Crippen LogP contribution < -0.4 is 26.6 Å². The molecule has 9 fully saturated rings. The Morgan fingerprint density at radius 1 is 0.407 bits per heavy atom. The van der Waals surface area contributed by atoms with Gasteiger partial charge in [0.1, 0.15) is 24.4 Å². The van der Waals surface area contributed by atoms with Gasteiger partial charge in [-0.2, -0.15) is 0 Å². The molecule has 0 aromatic rings. The van der Waals surface area contributed by atoms with Gasteiger partial charge in [0.2, 0.25) is 0 Å². The van der Waals surface area contributed by atoms with Crippen molar-refractivity contribution in [2.45, 2.75) is 63.2 Å². The minimum atomic E-state index is -0.799. The van der Waals surface area contributed by atoms with Crippen molar-refractivity contribution in [3.05, 3.63) is 0 Å². The zero-order chi connectivity index (χ0) is 59.6. The molecule has 1 amide bonds. The van der Waals surface area contributed by atoms with Crippen molar-refractivity contribution >= 4 is 6.09 Å². The number of ether oxygens (including phenoxy) is 13. The van der Waals surface area contributed by atoms with E-state index in [9.17, 15) is 25.2 Å². The average molecular weight is 1240 g/mol. The summed E-state index contributed by atoms with van der Waals surface area (Å²) in [6.07, 6.45) is -1.85. The number of aliphatic hydroxyl groups is 4. The number of β-amino-alcohol motifs (C(OH)–C–C–N with tert-alkyl or cyclic N) is 4. The Balaban J connectivity index is 0.000000261. The van der Waals surface area contributed by atoms with Crippen molar-refractivity contribution in [2.24, 2.45) is 10.8 Å². The third kappa shape index (κ3) is 32.5. The summed E-state index contributed by atoms with van der Waals surface area (Å²) in [6.45, 7) is 31.0. The number of nitrogens with zero attached hydrogens (tertiary/aromatic N) is 5. The molecule has 28 heteroatoms. The summed E-state index contributed by atoms with van der Waals surface area (Å²) in [7, 11) is 0. The van der Waals surface area contributed by atoms with Crippen molar-refractivity contribution in [1.82, 2.24) is 51.1 Å². The van der Waals surface area contributed by atoms with Crippen LogP contribution in [0, 0.1) is 10.8 Å². The van der Waals surface area contributed by atoms with E-state index in [4.69, 9.17) is 61.6 Å². The minimum Gasteiger partial charge on any atom is -0.450 e. The molecule has 0 bridgehead atoms. The highest BCUT2D eigenvalue weighted by Crippen LogP contribution is 2.26. The number of aliphatic hydroxyl groups excluding tert-OH is 4. The number of epoxide rings is 4. The van der Waals surface area contributed by atoms with E-state index in [2.05, 4.69) is 46.2 Å². The van der Waals surface area contributed by atoms with E-state index >= 15 is 0 Å². The molecule has 8 unspecified atom stereocenters. The molecular formula is C58H114N10O18. The van der Waals surface area contributed by atoms with Gasteiger partial charge in [-0.25, -0.2) is 4.79 Å². The molecule has 9 aliphatic rings. The molecular weight excluding hydrogens is 1120 g/mol. The second-order valence-corrected chi connectivity index (χ2v) is 24.2. The van der Waals surface area contributed by atoms with E-state index in [1.165, 1.54) is 0 Å². The number of carbonyl (C=O) groups excluding carboxylic acids is 1. The van der Waals surface area contributed by atoms with E-state index in [0.29, 0.717) is 85.6 Å². The van der Waals surface area contributed by atoms with Crippen LogP contribution in [0.3, 0.4) is 0 Å². The molecule has 9 aliphatic heterocycles. The van der Waals surface area contributed by atoms with Gasteiger partial charge >= 0.3 is 6.09 Å². The molecule has 504 valence electrons. The van der Waals surface area contributed by atoms with Crippen molar-refractivity contribution < 1.29 is 86.8 Å². The van der Waals surface area contributed by atoms with Crippen molar-refractivity contribution in [1.29, 1.82) is 0 Å². The Morgan fingerprint density at radius 2 is 0.628 bits per heavy atom. The number of amides is 1. The summed E-state index contributed by atoms with van der Waals surface area (Å²) in [5.41, 5.74) is -1.15. The van der Waals surface area contributed by atoms with Crippen LogP contribution in [0.15, 0.2) is 0 Å². The first-order valence-electron chi connectivity index (χ1n) is 31.7. The SMILES string of the molecule is C.C(OCC(COCC1CO1)(COCC1CO1)COCC1CO1)C1CO1.CCOC(=O)N1CCNCC1.OC(COCC(COCC(O)CN1CCNCC1)(COCC(O)CN1CCNCC1)COCC(O)CN1CCNCC1)CN1CCNCC1. The lowest BCUT2D eigenvalue weighted by Gasteiger charge is -2.35. The second-order valence-electron chi connectivity index (χ2n) is 24.2. The lowest BCUT2D eigenvalue weighted by Crippen LogP contribution is -2.49. The minimum absolute atomic E-state index is 0. The van der Waals surface area contributed by atoms with Crippen LogP contribution in [-0.4, -0.2) is 396 Å². The number of carbonyl (C=O) groups is 1. The van der Waals surface area contributed by atoms with Crippen LogP contribution in [0.1, 0.15) is 14.4 Å². The van der Waals surface area contributed by atoms with Crippen LogP contribution in [-0.2, 0) is 61.6 Å². The van der Waals surface area contributed by atoms with Gasteiger partial charge in [0.15, 0.2) is 0 Å². The highest BCUT2D eigenvalue weighted by molar-refractivity contribution is 5.67. The topological polar surface area (TPSA) is 308 Å². The molecule has 0 spiro atoms. The van der Waals surface area contributed by atoms with Gasteiger partial charge in [0.05, 0.1) is 174 Å². The molecule has 9 heterocycles. The van der Waals surface area contributed by atoms with Crippen molar-refractivity contribution in [3.63, 3.8) is 0 Å². The van der Waals surface area contributed by atoms with Gasteiger partial charge in [-0.3, -0.25) is 19.6 Å². The molecule has 0 radical (unpaired) electrons. The molecule has 0 aromatic heterocycles. The standard InChI is InChI=1S/C33H68N8O8.C17H28O8.C7H14N2O2.CH4/c42-29(17-38-9-1-34-2-10-38)21-46-25-33(26-47-22-30(43)18-39-11-3-35-4-12-39,27-48-23-31(44)19-40-13-5-36-6-14-40)28-49-24-32(45)20-41-15-7-37-8-16-41;1(13-5-22-13)18-9-17(10-19-2-14-6-23-14,11-20-3-15-7-24-15)12-21-4-16-8-25-16;1-2-11-7(10)9-5-3-8-4-6-9;/h29-32,34-37,42-45H,1-28H2;13-16H,1-12H2;8H,2-6H2,1H3;1H4. The van der Waals surface area contributed by atoms with E-state index in [1.54, 1.807) is 4.90 Å². The normalized spacial score (nSPS) is 26.5. The number of rotatable bonds is 41. The van der Waals surface area contributed by atoms with Crippen LogP contribution in [0.25, 0.3) is 0 Å². The monoisotopic (exact) mass is 1240 g/mol. The fourth-order valence-electron chi connectivity index (χ4n) is 10.5. The Kier molecular flexibility index (Phi) is 36.2. The van der Waals surface area contributed by atoms with Crippen LogP contribution >= 0.6 is 0 Å². The second kappa shape index (κ2) is 42.4. The largest absolute Gasteiger partial charge is 0.450 e. The smallest absolute Gasteiger partial charge is 0.409 e. The molecule has 0 aliphatic carbocycles. The van der Waals surface area contributed by atoms with E-state index in [0.717, 1.165) is 157 Å². The Bertz CT molecular complexity index is 1500. The third-order valence-electron chi connectivity index (χ3n) is 15.7. The first-order chi connectivity index (χ1) is 41.5. The predicted octanol–water partition coefficient (Wildman–Crippen LogP) is -4.58. The summed E-state index contributed by atoms with van der Waals surface area (Å²) in [4.78, 5) is 21.7. The zero-order valence-corrected chi connectivity index (χ0v) is 51.2. The van der Waals surface area contributed by atoms with Crippen molar-refractivity contribution in [2.75, 3.05) is 296 Å². The maximum Gasteiger partial charge on any atom is 0.409 e.